The number of aryl methyl sites for hydroxylation is 1. The van der Waals surface area contributed by atoms with Crippen LogP contribution in [0.2, 0.25) is 0 Å². The molecule has 1 atom stereocenters. The fourth-order valence-electron chi connectivity index (χ4n) is 1.82. The van der Waals surface area contributed by atoms with Crippen LogP contribution < -0.4 is 10.6 Å². The van der Waals surface area contributed by atoms with E-state index >= 15 is 0 Å². The highest BCUT2D eigenvalue weighted by Crippen LogP contribution is 2.17. The fraction of sp³-hybridized carbons (Fsp3) is 0.467. The zero-order valence-corrected chi connectivity index (χ0v) is 13.5. The Labute approximate surface area is 137 Å². The molecule has 2 amide bonds. The van der Waals surface area contributed by atoms with Gasteiger partial charge in [-0.25, -0.2) is 9.59 Å². The molecular weight excluding hydrogens is 329 g/mol. The summed E-state index contributed by atoms with van der Waals surface area (Å²) < 4.78 is 44.9. The van der Waals surface area contributed by atoms with Gasteiger partial charge in [0.05, 0.1) is 25.3 Å². The first-order valence-electron chi connectivity index (χ1n) is 7.03. The van der Waals surface area contributed by atoms with Gasteiger partial charge in [0.25, 0.3) is 0 Å². The molecule has 0 unspecified atom stereocenters. The Morgan fingerprint density at radius 1 is 1.29 bits per heavy atom. The van der Waals surface area contributed by atoms with E-state index in [9.17, 15) is 22.8 Å². The number of methoxy groups -OCH3 is 1. The van der Waals surface area contributed by atoms with E-state index in [1.807, 2.05) is 0 Å². The number of esters is 1. The number of ether oxygens (including phenoxy) is 2. The molecule has 1 aromatic rings. The molecular formula is C15H19F3N2O4. The third kappa shape index (κ3) is 6.86. The Morgan fingerprint density at radius 2 is 1.96 bits per heavy atom. The molecule has 0 aliphatic carbocycles. The van der Waals surface area contributed by atoms with E-state index in [-0.39, 0.29) is 6.61 Å². The molecule has 0 radical (unpaired) electrons. The molecule has 0 aliphatic rings. The van der Waals surface area contributed by atoms with Crippen LogP contribution in [-0.2, 0) is 9.47 Å². The van der Waals surface area contributed by atoms with Crippen molar-refractivity contribution < 1.29 is 32.2 Å². The number of carbonyl (C=O) groups is 2. The minimum absolute atomic E-state index is 0.271. The topological polar surface area (TPSA) is 76.7 Å². The second-order valence-electron chi connectivity index (χ2n) is 5.15. The molecule has 1 aromatic carbocycles. The molecule has 1 rings (SSSR count). The minimum Gasteiger partial charge on any atom is -0.465 e. The predicted octanol–water partition coefficient (Wildman–Crippen LogP) is 2.87. The van der Waals surface area contributed by atoms with Gasteiger partial charge in [-0.2, -0.15) is 13.2 Å². The van der Waals surface area contributed by atoms with Gasteiger partial charge in [-0.05, 0) is 37.6 Å². The van der Waals surface area contributed by atoms with E-state index in [1.54, 1.807) is 13.0 Å². The van der Waals surface area contributed by atoms with Crippen LogP contribution in [0.15, 0.2) is 18.2 Å². The second kappa shape index (κ2) is 8.53. The average Bonchev–Trinajstić information content (AvgIpc) is 2.47. The average molecular weight is 348 g/mol. The van der Waals surface area contributed by atoms with Crippen LogP contribution in [0.4, 0.5) is 23.7 Å². The summed E-state index contributed by atoms with van der Waals surface area (Å²) in [6, 6.07) is 3.38. The van der Waals surface area contributed by atoms with Gasteiger partial charge in [-0.1, -0.05) is 0 Å². The van der Waals surface area contributed by atoms with E-state index in [4.69, 9.17) is 0 Å². The zero-order chi connectivity index (χ0) is 18.3. The first-order valence-corrected chi connectivity index (χ1v) is 7.03. The second-order valence-corrected chi connectivity index (χ2v) is 5.15. The lowest BCUT2D eigenvalue weighted by Gasteiger charge is -2.16. The number of halogens is 3. The molecule has 134 valence electrons. The molecule has 0 bridgehead atoms. The van der Waals surface area contributed by atoms with E-state index in [0.29, 0.717) is 16.8 Å². The summed E-state index contributed by atoms with van der Waals surface area (Å²) in [6.45, 7) is 1.57. The van der Waals surface area contributed by atoms with Crippen molar-refractivity contribution in [3.8, 4) is 0 Å². The van der Waals surface area contributed by atoms with Crippen LogP contribution in [0.3, 0.4) is 0 Å². The number of benzene rings is 1. The van der Waals surface area contributed by atoms with Gasteiger partial charge in [0, 0.05) is 5.69 Å². The quantitative estimate of drug-likeness (QED) is 0.775. The number of urea groups is 1. The molecule has 0 saturated carbocycles. The summed E-state index contributed by atoms with van der Waals surface area (Å²) in [6.07, 6.45) is -4.40. The Hall–Kier alpha value is -2.29. The first kappa shape index (κ1) is 19.8. The lowest BCUT2D eigenvalue weighted by molar-refractivity contribution is -0.174. The summed E-state index contributed by atoms with van der Waals surface area (Å²) in [5, 5.41) is 5.01. The number of hydrogen-bond donors (Lipinski definition) is 2. The van der Waals surface area contributed by atoms with Gasteiger partial charge in [0.1, 0.15) is 6.61 Å². The summed E-state index contributed by atoms with van der Waals surface area (Å²) in [4.78, 5) is 23.2. The van der Waals surface area contributed by atoms with E-state index < -0.39 is 30.8 Å². The number of carbonyl (C=O) groups excluding carboxylic acids is 2. The summed E-state index contributed by atoms with van der Waals surface area (Å²) >= 11 is 0. The van der Waals surface area contributed by atoms with Crippen LogP contribution >= 0.6 is 0 Å². The van der Waals surface area contributed by atoms with E-state index in [0.717, 1.165) is 0 Å². The molecule has 2 N–H and O–H groups in total. The Morgan fingerprint density at radius 3 is 2.50 bits per heavy atom. The highest BCUT2D eigenvalue weighted by molar-refractivity contribution is 5.93. The molecule has 0 spiro atoms. The van der Waals surface area contributed by atoms with Crippen molar-refractivity contribution >= 4 is 17.7 Å². The molecule has 0 fully saturated rings. The number of alkyl halides is 3. The molecule has 0 aliphatic heterocycles. The highest BCUT2D eigenvalue weighted by Gasteiger charge is 2.27. The molecule has 0 heterocycles. The van der Waals surface area contributed by atoms with E-state index in [1.165, 1.54) is 26.2 Å². The lowest BCUT2D eigenvalue weighted by atomic mass is 10.1. The molecule has 0 aromatic heterocycles. The van der Waals surface area contributed by atoms with Crippen molar-refractivity contribution in [1.29, 1.82) is 0 Å². The van der Waals surface area contributed by atoms with Gasteiger partial charge in [-0.3, -0.25) is 0 Å². The van der Waals surface area contributed by atoms with Gasteiger partial charge < -0.3 is 20.1 Å². The minimum atomic E-state index is -4.40. The van der Waals surface area contributed by atoms with Crippen molar-refractivity contribution in [2.24, 2.45) is 0 Å². The number of anilines is 1. The maximum absolute atomic E-state index is 12.0. The number of rotatable bonds is 6. The van der Waals surface area contributed by atoms with Crippen molar-refractivity contribution in [1.82, 2.24) is 5.32 Å². The summed E-state index contributed by atoms with van der Waals surface area (Å²) in [5.41, 5.74) is 1.44. The monoisotopic (exact) mass is 348 g/mol. The van der Waals surface area contributed by atoms with Crippen molar-refractivity contribution in [2.75, 3.05) is 25.6 Å². The number of hydrogen-bond acceptors (Lipinski definition) is 4. The van der Waals surface area contributed by atoms with Crippen LogP contribution in [-0.4, -0.2) is 44.5 Å². The van der Waals surface area contributed by atoms with Gasteiger partial charge >= 0.3 is 18.2 Å². The van der Waals surface area contributed by atoms with Crippen molar-refractivity contribution in [3.05, 3.63) is 29.3 Å². The van der Waals surface area contributed by atoms with Crippen LogP contribution in [0.25, 0.3) is 0 Å². The third-order valence-electron chi connectivity index (χ3n) is 2.91. The molecule has 24 heavy (non-hydrogen) atoms. The fourth-order valence-corrected chi connectivity index (χ4v) is 1.82. The standard InChI is InChI=1S/C15H19F3N2O4/c1-9-6-11(13(21)23-3)4-5-12(9)20-14(22)19-10(2)7-24-8-15(16,17)18/h4-6,10H,7-8H2,1-3H3,(H2,19,20,22)/t10-/m0/s1. The first-order chi connectivity index (χ1) is 11.1. The highest BCUT2D eigenvalue weighted by atomic mass is 19.4. The SMILES string of the molecule is COC(=O)c1ccc(NC(=O)N[C@@H](C)COCC(F)(F)F)c(C)c1. The van der Waals surface area contributed by atoms with Crippen molar-refractivity contribution in [2.45, 2.75) is 26.1 Å². The van der Waals surface area contributed by atoms with Crippen LogP contribution in [0, 0.1) is 6.92 Å². The summed E-state index contributed by atoms with van der Waals surface area (Å²) in [7, 11) is 1.26. The Balaban J connectivity index is 2.51. The van der Waals surface area contributed by atoms with Gasteiger partial charge in [-0.15, -0.1) is 0 Å². The smallest absolute Gasteiger partial charge is 0.411 e. The Kier molecular flexibility index (Phi) is 7.02. The maximum Gasteiger partial charge on any atom is 0.411 e. The largest absolute Gasteiger partial charge is 0.465 e. The molecule has 0 saturated heterocycles. The van der Waals surface area contributed by atoms with Gasteiger partial charge in [0.15, 0.2) is 0 Å². The van der Waals surface area contributed by atoms with Crippen LogP contribution in [0.5, 0.6) is 0 Å². The zero-order valence-electron chi connectivity index (χ0n) is 13.5. The predicted molar refractivity (Wildman–Crippen MR) is 81.0 cm³/mol. The van der Waals surface area contributed by atoms with Gasteiger partial charge in [0.2, 0.25) is 0 Å². The molecule has 9 heteroatoms. The summed E-state index contributed by atoms with van der Waals surface area (Å²) in [5.74, 6) is -0.496. The number of nitrogens with one attached hydrogen (secondary N) is 2. The maximum atomic E-state index is 12.0. The van der Waals surface area contributed by atoms with Crippen LogP contribution in [0.1, 0.15) is 22.8 Å². The number of amides is 2. The Bertz CT molecular complexity index is 591. The van der Waals surface area contributed by atoms with Crippen molar-refractivity contribution in [3.63, 3.8) is 0 Å². The molecule has 6 nitrogen and oxygen atoms in total. The third-order valence-corrected chi connectivity index (χ3v) is 2.91. The normalized spacial score (nSPS) is 12.4. The van der Waals surface area contributed by atoms with E-state index in [2.05, 4.69) is 20.1 Å². The lowest BCUT2D eigenvalue weighted by Crippen LogP contribution is -2.39.